The van der Waals surface area contributed by atoms with Gasteiger partial charge in [0, 0.05) is 6.07 Å². The molecule has 0 aliphatic heterocycles. The molecule has 8 heteroatoms. The van der Waals surface area contributed by atoms with Gasteiger partial charge < -0.3 is 18.6 Å². The molecular formula is C23H31NO6Si. The number of ether oxygens (including phenoxy) is 3. The minimum atomic E-state index is -2.12. The molecule has 2 aromatic rings. The van der Waals surface area contributed by atoms with Crippen LogP contribution in [-0.4, -0.2) is 34.6 Å². The molecule has 7 nitrogen and oxygen atoms in total. The number of nitro groups is 1. The third kappa shape index (κ3) is 5.58. The van der Waals surface area contributed by atoms with E-state index < -0.39 is 13.2 Å². The van der Waals surface area contributed by atoms with Crippen LogP contribution in [0.5, 0.6) is 23.0 Å². The van der Waals surface area contributed by atoms with Crippen LogP contribution in [0.2, 0.25) is 18.1 Å². The molecule has 0 amide bonds. The lowest BCUT2D eigenvalue weighted by molar-refractivity contribution is -0.385. The van der Waals surface area contributed by atoms with Crippen molar-refractivity contribution >= 4 is 26.2 Å². The lowest BCUT2D eigenvalue weighted by Gasteiger charge is -2.37. The van der Waals surface area contributed by atoms with Crippen LogP contribution in [0.3, 0.4) is 0 Å². The van der Waals surface area contributed by atoms with E-state index in [0.29, 0.717) is 22.8 Å². The molecule has 0 aliphatic carbocycles. The quantitative estimate of drug-likeness (QED) is 0.209. The largest absolute Gasteiger partial charge is 0.541 e. The van der Waals surface area contributed by atoms with Crippen molar-refractivity contribution in [3.63, 3.8) is 0 Å². The second kappa shape index (κ2) is 9.43. The zero-order valence-electron chi connectivity index (χ0n) is 19.4. The molecular weight excluding hydrogens is 414 g/mol. The molecule has 0 N–H and O–H groups in total. The predicted molar refractivity (Wildman–Crippen MR) is 126 cm³/mol. The summed E-state index contributed by atoms with van der Waals surface area (Å²) in [5.41, 5.74) is 1.41. The standard InChI is InChI=1S/C23H31NO6Si/c1-23(2,3)31(7,8)30-21-15-17(14-20(28-5)22(21)29-6)10-9-16-11-12-19(27-4)18(13-16)24(25)26/h9-15H,1-8H3/b10-9+. The van der Waals surface area contributed by atoms with Gasteiger partial charge in [-0.25, -0.2) is 0 Å². The lowest BCUT2D eigenvalue weighted by atomic mass is 10.1. The van der Waals surface area contributed by atoms with Gasteiger partial charge in [0.25, 0.3) is 8.32 Å². The van der Waals surface area contributed by atoms with Crippen LogP contribution < -0.4 is 18.6 Å². The normalized spacial score (nSPS) is 12.0. The average Bonchev–Trinajstić information content (AvgIpc) is 2.70. The van der Waals surface area contributed by atoms with E-state index in [1.54, 1.807) is 32.4 Å². The topological polar surface area (TPSA) is 80.1 Å². The van der Waals surface area contributed by atoms with E-state index >= 15 is 0 Å². The molecule has 0 saturated carbocycles. The van der Waals surface area contributed by atoms with Gasteiger partial charge in [-0.15, -0.1) is 0 Å². The van der Waals surface area contributed by atoms with Crippen LogP contribution in [-0.2, 0) is 0 Å². The molecule has 168 valence electrons. The van der Waals surface area contributed by atoms with E-state index in [-0.39, 0.29) is 16.5 Å². The predicted octanol–water partition coefficient (Wildman–Crippen LogP) is 6.18. The van der Waals surface area contributed by atoms with Gasteiger partial charge in [-0.05, 0) is 47.5 Å². The zero-order chi connectivity index (χ0) is 23.4. The number of benzene rings is 2. The number of hydrogen-bond acceptors (Lipinski definition) is 6. The molecule has 0 heterocycles. The average molecular weight is 446 g/mol. The molecule has 0 fully saturated rings. The summed E-state index contributed by atoms with van der Waals surface area (Å²) < 4.78 is 22.7. The Hall–Kier alpha value is -3.00. The van der Waals surface area contributed by atoms with E-state index in [9.17, 15) is 10.1 Å². The monoisotopic (exact) mass is 445 g/mol. The van der Waals surface area contributed by atoms with Crippen LogP contribution in [0, 0.1) is 10.1 Å². The number of rotatable bonds is 8. The summed E-state index contributed by atoms with van der Waals surface area (Å²) in [7, 11) is 2.45. The molecule has 0 saturated heterocycles. The van der Waals surface area contributed by atoms with Crippen LogP contribution in [0.1, 0.15) is 31.9 Å². The molecule has 0 bridgehead atoms. The zero-order valence-corrected chi connectivity index (χ0v) is 20.4. The molecule has 0 spiro atoms. The molecule has 2 rings (SSSR count). The van der Waals surface area contributed by atoms with E-state index in [1.165, 1.54) is 13.2 Å². The summed E-state index contributed by atoms with van der Waals surface area (Å²) in [6.45, 7) is 10.8. The second-order valence-electron chi connectivity index (χ2n) is 8.64. The summed E-state index contributed by atoms with van der Waals surface area (Å²) in [5, 5.41) is 11.3. The van der Waals surface area contributed by atoms with Crippen LogP contribution >= 0.6 is 0 Å². The highest BCUT2D eigenvalue weighted by atomic mass is 28.4. The molecule has 0 aliphatic rings. The van der Waals surface area contributed by atoms with E-state index in [2.05, 4.69) is 33.9 Å². The summed E-state index contributed by atoms with van der Waals surface area (Å²) in [4.78, 5) is 10.8. The van der Waals surface area contributed by atoms with Gasteiger partial charge >= 0.3 is 5.69 Å². The first kappa shape index (κ1) is 24.3. The van der Waals surface area contributed by atoms with Crippen molar-refractivity contribution < 1.29 is 23.6 Å². The van der Waals surface area contributed by atoms with E-state index in [4.69, 9.17) is 18.6 Å². The lowest BCUT2D eigenvalue weighted by Crippen LogP contribution is -2.43. The van der Waals surface area contributed by atoms with E-state index in [0.717, 1.165) is 5.56 Å². The van der Waals surface area contributed by atoms with Gasteiger partial charge in [0.15, 0.2) is 17.2 Å². The van der Waals surface area contributed by atoms with Crippen LogP contribution in [0.25, 0.3) is 12.2 Å². The Morgan fingerprint density at radius 3 is 1.97 bits per heavy atom. The Labute approximate surface area is 184 Å². The Balaban J connectivity index is 2.48. The molecule has 2 aromatic carbocycles. The first-order valence-electron chi connectivity index (χ1n) is 9.89. The Kier molecular flexibility index (Phi) is 7.38. The highest BCUT2D eigenvalue weighted by Gasteiger charge is 2.39. The molecule has 0 radical (unpaired) electrons. The van der Waals surface area contributed by atoms with Gasteiger partial charge in [-0.2, -0.15) is 0 Å². The molecule has 0 aromatic heterocycles. The van der Waals surface area contributed by atoms with Crippen molar-refractivity contribution in [1.29, 1.82) is 0 Å². The van der Waals surface area contributed by atoms with Crippen molar-refractivity contribution in [2.24, 2.45) is 0 Å². The van der Waals surface area contributed by atoms with Crippen molar-refractivity contribution in [1.82, 2.24) is 0 Å². The van der Waals surface area contributed by atoms with Crippen LogP contribution in [0.4, 0.5) is 5.69 Å². The van der Waals surface area contributed by atoms with Crippen LogP contribution in [0.15, 0.2) is 30.3 Å². The fourth-order valence-electron chi connectivity index (χ4n) is 2.70. The summed E-state index contributed by atoms with van der Waals surface area (Å²) in [6, 6.07) is 8.56. The maximum Gasteiger partial charge on any atom is 0.311 e. The molecule has 31 heavy (non-hydrogen) atoms. The Bertz CT molecular complexity index is 979. The third-order valence-electron chi connectivity index (χ3n) is 5.51. The Morgan fingerprint density at radius 1 is 0.871 bits per heavy atom. The fourth-order valence-corrected chi connectivity index (χ4v) is 3.70. The smallest absolute Gasteiger partial charge is 0.311 e. The maximum atomic E-state index is 11.3. The number of hydrogen-bond donors (Lipinski definition) is 0. The Morgan fingerprint density at radius 2 is 1.45 bits per heavy atom. The summed E-state index contributed by atoms with van der Waals surface area (Å²) >= 11 is 0. The van der Waals surface area contributed by atoms with Gasteiger partial charge in [0.2, 0.25) is 5.75 Å². The summed E-state index contributed by atoms with van der Waals surface area (Å²) in [6.07, 6.45) is 3.65. The number of nitrogens with zero attached hydrogens (tertiary/aromatic N) is 1. The minimum Gasteiger partial charge on any atom is -0.541 e. The van der Waals surface area contributed by atoms with Gasteiger partial charge in [-0.1, -0.05) is 39.0 Å². The number of methoxy groups -OCH3 is 3. The van der Waals surface area contributed by atoms with Crippen molar-refractivity contribution in [2.45, 2.75) is 38.9 Å². The highest BCUT2D eigenvalue weighted by Crippen LogP contribution is 2.44. The summed E-state index contributed by atoms with van der Waals surface area (Å²) in [5.74, 6) is 1.94. The third-order valence-corrected chi connectivity index (χ3v) is 9.85. The maximum absolute atomic E-state index is 11.3. The first-order chi connectivity index (χ1) is 14.4. The SMILES string of the molecule is COc1ccc(/C=C/c2cc(OC)c(OC)c(O[Si](C)(C)C(C)(C)C)c2)cc1[N+](=O)[O-]. The first-order valence-corrected chi connectivity index (χ1v) is 12.8. The highest BCUT2D eigenvalue weighted by molar-refractivity contribution is 6.74. The second-order valence-corrected chi connectivity index (χ2v) is 13.4. The van der Waals surface area contributed by atoms with Gasteiger partial charge in [0.05, 0.1) is 26.3 Å². The minimum absolute atomic E-state index is 0.0130. The van der Waals surface area contributed by atoms with Crippen molar-refractivity contribution in [3.05, 3.63) is 51.6 Å². The van der Waals surface area contributed by atoms with Gasteiger partial charge in [0.1, 0.15) is 0 Å². The van der Waals surface area contributed by atoms with Gasteiger partial charge in [-0.3, -0.25) is 10.1 Å². The fraction of sp³-hybridized carbons (Fsp3) is 0.391. The number of nitro benzene ring substituents is 1. The van der Waals surface area contributed by atoms with Crippen molar-refractivity contribution in [3.8, 4) is 23.0 Å². The van der Waals surface area contributed by atoms with Crippen molar-refractivity contribution in [2.75, 3.05) is 21.3 Å². The molecule has 0 unspecified atom stereocenters. The molecule has 0 atom stereocenters. The van der Waals surface area contributed by atoms with E-state index in [1.807, 2.05) is 18.2 Å².